The van der Waals surface area contributed by atoms with Crippen LogP contribution in [-0.2, 0) is 11.8 Å². The van der Waals surface area contributed by atoms with Gasteiger partial charge in [0.15, 0.2) is 11.6 Å². The minimum atomic E-state index is -0.434. The molecule has 0 unspecified atom stereocenters. The molecule has 0 spiro atoms. The number of anilines is 1. The zero-order valence-corrected chi connectivity index (χ0v) is 17.1. The van der Waals surface area contributed by atoms with Crippen molar-refractivity contribution in [2.75, 3.05) is 32.6 Å². The van der Waals surface area contributed by atoms with E-state index in [0.717, 1.165) is 0 Å². The number of aromatic nitrogens is 2. The van der Waals surface area contributed by atoms with Crippen molar-refractivity contribution >= 4 is 27.9 Å². The van der Waals surface area contributed by atoms with Crippen LogP contribution in [0.25, 0.3) is 16.5 Å². The topological polar surface area (TPSA) is 67.7 Å². The van der Waals surface area contributed by atoms with Crippen molar-refractivity contribution in [2.45, 2.75) is 0 Å². The van der Waals surface area contributed by atoms with Gasteiger partial charge in [-0.1, -0.05) is 12.1 Å². The van der Waals surface area contributed by atoms with Crippen molar-refractivity contribution < 1.29 is 13.9 Å². The van der Waals surface area contributed by atoms with Crippen molar-refractivity contribution in [1.29, 1.82) is 0 Å². The second kappa shape index (κ2) is 7.29. The summed E-state index contributed by atoms with van der Waals surface area (Å²) in [6.07, 6.45) is 0. The molecule has 1 aliphatic heterocycles. The number of halogens is 1. The van der Waals surface area contributed by atoms with E-state index in [1.807, 2.05) is 0 Å². The average molecular weight is 408 g/mol. The van der Waals surface area contributed by atoms with Crippen LogP contribution in [-0.4, -0.2) is 48.0 Å². The second-order valence-electron chi connectivity index (χ2n) is 7.24. The van der Waals surface area contributed by atoms with E-state index >= 15 is 0 Å². The molecule has 0 N–H and O–H groups in total. The highest BCUT2D eigenvalue weighted by molar-refractivity contribution is 6.26. The lowest BCUT2D eigenvalue weighted by molar-refractivity contribution is -0.112. The largest absolute Gasteiger partial charge is 0.497 e. The first-order valence-electron chi connectivity index (χ1n) is 9.35. The molecule has 8 heteroatoms. The Balaban J connectivity index is 2.00. The van der Waals surface area contributed by atoms with Gasteiger partial charge < -0.3 is 14.5 Å². The number of carbonyl (C=O) groups is 1. The molecule has 1 aliphatic rings. The Morgan fingerprint density at radius 1 is 1.13 bits per heavy atom. The van der Waals surface area contributed by atoms with Gasteiger partial charge in [-0.15, -0.1) is 0 Å². The van der Waals surface area contributed by atoms with Crippen LogP contribution in [0, 0.1) is 5.82 Å². The molecule has 0 saturated carbocycles. The van der Waals surface area contributed by atoms with Crippen LogP contribution in [0.3, 0.4) is 0 Å². The standard InChI is InChI=1S/C22H21FN4O3/c1-25(2)21-19(18(28)12-27(21)17-8-6-5-7-15(17)23)20-24-16-11-13(30-4)9-10-14(16)22(29)26(20)3/h5-11H,12H2,1-4H3. The molecule has 4 rings (SSSR count). The number of ether oxygens (including phenoxy) is 1. The summed E-state index contributed by atoms with van der Waals surface area (Å²) in [5, 5.41) is 0.422. The smallest absolute Gasteiger partial charge is 0.261 e. The van der Waals surface area contributed by atoms with Gasteiger partial charge in [-0.25, -0.2) is 9.37 Å². The average Bonchev–Trinajstić information content (AvgIpc) is 3.07. The van der Waals surface area contributed by atoms with Gasteiger partial charge in [-0.05, 0) is 24.3 Å². The van der Waals surface area contributed by atoms with Crippen LogP contribution in [0.1, 0.15) is 5.82 Å². The number of fused-ring (bicyclic) bond motifs is 1. The lowest BCUT2D eigenvalue weighted by atomic mass is 10.1. The number of carbonyl (C=O) groups excluding carboxylic acids is 1. The van der Waals surface area contributed by atoms with E-state index in [2.05, 4.69) is 4.98 Å². The number of nitrogens with zero attached hydrogens (tertiary/aromatic N) is 4. The number of methoxy groups -OCH3 is 1. The molecule has 30 heavy (non-hydrogen) atoms. The van der Waals surface area contributed by atoms with Gasteiger partial charge >= 0.3 is 0 Å². The number of benzene rings is 2. The monoisotopic (exact) mass is 408 g/mol. The molecule has 0 fully saturated rings. The van der Waals surface area contributed by atoms with Crippen molar-refractivity contribution in [3.8, 4) is 5.75 Å². The normalized spacial score (nSPS) is 14.0. The molecule has 3 aromatic rings. The van der Waals surface area contributed by atoms with Crippen LogP contribution < -0.4 is 15.2 Å². The summed E-state index contributed by atoms with van der Waals surface area (Å²) < 4.78 is 21.1. The zero-order valence-electron chi connectivity index (χ0n) is 17.1. The molecule has 0 amide bonds. The summed E-state index contributed by atoms with van der Waals surface area (Å²) in [6.45, 7) is -0.0458. The SMILES string of the molecule is COc1ccc2c(=O)n(C)c(C3=C(N(C)C)N(c4ccccc4F)CC3=O)nc2c1. The third-order valence-corrected chi connectivity index (χ3v) is 5.13. The van der Waals surface area contributed by atoms with Gasteiger partial charge in [0.1, 0.15) is 23.0 Å². The molecule has 154 valence electrons. The molecule has 0 saturated heterocycles. The third-order valence-electron chi connectivity index (χ3n) is 5.13. The number of ketones is 1. The molecule has 7 nitrogen and oxygen atoms in total. The van der Waals surface area contributed by atoms with Gasteiger partial charge in [0, 0.05) is 27.2 Å². The summed E-state index contributed by atoms with van der Waals surface area (Å²) in [5.74, 6) is 0.590. The van der Waals surface area contributed by atoms with E-state index in [9.17, 15) is 14.0 Å². The number of hydrogen-bond acceptors (Lipinski definition) is 6. The summed E-state index contributed by atoms with van der Waals surface area (Å²) in [6, 6.07) is 11.3. The first kappa shape index (κ1) is 19.6. The fourth-order valence-electron chi connectivity index (χ4n) is 3.72. The maximum atomic E-state index is 14.5. The van der Waals surface area contributed by atoms with E-state index in [1.54, 1.807) is 67.3 Å². The minimum Gasteiger partial charge on any atom is -0.497 e. The Bertz CT molecular complexity index is 1260. The Morgan fingerprint density at radius 2 is 1.87 bits per heavy atom. The van der Waals surface area contributed by atoms with Crippen molar-refractivity contribution in [2.24, 2.45) is 7.05 Å². The van der Waals surface area contributed by atoms with E-state index < -0.39 is 5.82 Å². The second-order valence-corrected chi connectivity index (χ2v) is 7.24. The number of Topliss-reactive ketones (excluding diaryl/α,β-unsaturated/α-hetero) is 1. The maximum absolute atomic E-state index is 14.5. The number of hydrogen-bond donors (Lipinski definition) is 0. The molecular weight excluding hydrogens is 387 g/mol. The summed E-state index contributed by atoms with van der Waals surface area (Å²) >= 11 is 0. The first-order valence-corrected chi connectivity index (χ1v) is 9.35. The number of para-hydroxylation sites is 1. The quantitative estimate of drug-likeness (QED) is 0.661. The first-order chi connectivity index (χ1) is 14.3. The Morgan fingerprint density at radius 3 is 2.53 bits per heavy atom. The van der Waals surface area contributed by atoms with Gasteiger partial charge in [-0.2, -0.15) is 0 Å². The van der Waals surface area contributed by atoms with Crippen molar-refractivity contribution in [3.05, 3.63) is 70.3 Å². The predicted molar refractivity (Wildman–Crippen MR) is 113 cm³/mol. The Kier molecular flexibility index (Phi) is 4.77. The molecule has 1 aromatic heterocycles. The van der Waals surface area contributed by atoms with Crippen LogP contribution >= 0.6 is 0 Å². The molecule has 2 heterocycles. The van der Waals surface area contributed by atoms with Crippen LogP contribution in [0.2, 0.25) is 0 Å². The zero-order chi connectivity index (χ0) is 21.6. The summed E-state index contributed by atoms with van der Waals surface area (Å²) in [7, 11) is 6.64. The number of rotatable bonds is 4. The summed E-state index contributed by atoms with van der Waals surface area (Å²) in [5.41, 5.74) is 0.709. The van der Waals surface area contributed by atoms with Crippen LogP contribution in [0.4, 0.5) is 10.1 Å². The van der Waals surface area contributed by atoms with E-state index in [-0.39, 0.29) is 35.0 Å². The van der Waals surface area contributed by atoms with Gasteiger partial charge in [0.05, 0.1) is 30.2 Å². The van der Waals surface area contributed by atoms with E-state index in [0.29, 0.717) is 22.5 Å². The fraction of sp³-hybridized carbons (Fsp3) is 0.227. The van der Waals surface area contributed by atoms with Gasteiger partial charge in [0.2, 0.25) is 0 Å². The van der Waals surface area contributed by atoms with Crippen LogP contribution in [0.15, 0.2) is 53.1 Å². The molecule has 0 radical (unpaired) electrons. The molecule has 2 aromatic carbocycles. The van der Waals surface area contributed by atoms with Gasteiger partial charge in [0.25, 0.3) is 5.56 Å². The van der Waals surface area contributed by atoms with E-state index in [1.165, 1.54) is 17.7 Å². The summed E-state index contributed by atoms with van der Waals surface area (Å²) in [4.78, 5) is 34.0. The lowest BCUT2D eigenvalue weighted by Gasteiger charge is -2.27. The van der Waals surface area contributed by atoms with Crippen molar-refractivity contribution in [3.63, 3.8) is 0 Å². The van der Waals surface area contributed by atoms with Crippen molar-refractivity contribution in [1.82, 2.24) is 14.5 Å². The highest BCUT2D eigenvalue weighted by atomic mass is 19.1. The van der Waals surface area contributed by atoms with Crippen LogP contribution in [0.5, 0.6) is 5.75 Å². The molecular formula is C22H21FN4O3. The van der Waals surface area contributed by atoms with Gasteiger partial charge in [-0.3, -0.25) is 14.2 Å². The Hall–Kier alpha value is -3.68. The maximum Gasteiger partial charge on any atom is 0.261 e. The highest BCUT2D eigenvalue weighted by Crippen LogP contribution is 2.34. The van der Waals surface area contributed by atoms with E-state index in [4.69, 9.17) is 4.74 Å². The molecule has 0 bridgehead atoms. The molecule has 0 atom stereocenters. The Labute approximate surface area is 172 Å². The third kappa shape index (κ3) is 3.01. The highest BCUT2D eigenvalue weighted by Gasteiger charge is 2.36. The lowest BCUT2D eigenvalue weighted by Crippen LogP contribution is -2.30. The molecule has 0 aliphatic carbocycles. The fourth-order valence-corrected chi connectivity index (χ4v) is 3.72. The predicted octanol–water partition coefficient (Wildman–Crippen LogP) is 2.40. The minimum absolute atomic E-state index is 0.0458.